The molecule has 0 fully saturated rings. The lowest BCUT2D eigenvalue weighted by Crippen LogP contribution is -2.10. The van der Waals surface area contributed by atoms with E-state index < -0.39 is 12.9 Å². The topological polar surface area (TPSA) is 101 Å². The van der Waals surface area contributed by atoms with Gasteiger partial charge in [-0.2, -0.15) is 4.79 Å². The SMILES string of the molecule is C.C#CC.C#Cc1ccc(Br)s1.C#Cc1ccc2occc2c1.C#Cc1ccc2sccc2c1.CC(=O)C(=[N+]=[N-])P(C)(C)=O.CC=O. The summed E-state index contributed by atoms with van der Waals surface area (Å²) in [5.74, 6) is 9.52. The smallest absolute Gasteiger partial charge is 0.388 e. The van der Waals surface area contributed by atoms with Gasteiger partial charge in [0.05, 0.1) is 14.9 Å². The van der Waals surface area contributed by atoms with Gasteiger partial charge in [-0.15, -0.1) is 54.3 Å². The molecule has 0 amide bonds. The number of Topliss-reactive ketones (excluding diaryl/α,β-unsaturated/α-hetero) is 1. The Labute approximate surface area is 294 Å². The molecule has 0 bridgehead atoms. The fourth-order valence-electron chi connectivity index (χ4n) is 3.06. The van der Waals surface area contributed by atoms with Crippen molar-refractivity contribution in [3.63, 3.8) is 0 Å². The summed E-state index contributed by atoms with van der Waals surface area (Å²) in [4.78, 5) is 23.0. The highest BCUT2D eigenvalue weighted by Crippen LogP contribution is 2.36. The van der Waals surface area contributed by atoms with Crippen molar-refractivity contribution in [1.29, 1.82) is 0 Å². The van der Waals surface area contributed by atoms with Gasteiger partial charge in [-0.25, -0.2) is 0 Å². The second-order valence-corrected chi connectivity index (χ2v) is 15.3. The van der Waals surface area contributed by atoms with Crippen LogP contribution in [-0.4, -0.2) is 35.6 Å². The molecule has 0 unspecified atom stereocenters. The fourth-order valence-corrected chi connectivity index (χ4v) is 6.00. The quantitative estimate of drug-likeness (QED) is 0.0448. The number of terminal acetylenes is 4. The van der Waals surface area contributed by atoms with E-state index in [2.05, 4.69) is 68.3 Å². The van der Waals surface area contributed by atoms with Gasteiger partial charge in [-0.05, 0) is 115 Å². The number of thiophene rings is 2. The van der Waals surface area contributed by atoms with Crippen LogP contribution < -0.4 is 0 Å². The van der Waals surface area contributed by atoms with E-state index in [-0.39, 0.29) is 12.9 Å². The van der Waals surface area contributed by atoms with Gasteiger partial charge in [0.1, 0.15) is 11.9 Å². The predicted molar refractivity (Wildman–Crippen MR) is 206 cm³/mol. The first kappa shape index (κ1) is 44.4. The monoisotopic (exact) mass is 746 g/mol. The molecule has 242 valence electrons. The van der Waals surface area contributed by atoms with Crippen molar-refractivity contribution in [1.82, 2.24) is 0 Å². The van der Waals surface area contributed by atoms with Crippen molar-refractivity contribution in [2.75, 3.05) is 13.3 Å². The predicted octanol–water partition coefficient (Wildman–Crippen LogP) is 10.1. The summed E-state index contributed by atoms with van der Waals surface area (Å²) in [5, 5.41) is 4.37. The average molecular weight is 748 g/mol. The normalized spacial score (nSPS) is 8.64. The van der Waals surface area contributed by atoms with Gasteiger partial charge in [0, 0.05) is 28.1 Å². The van der Waals surface area contributed by atoms with Crippen LogP contribution in [0.2, 0.25) is 0 Å². The number of carbonyl (C=O) groups is 2. The van der Waals surface area contributed by atoms with Crippen LogP contribution in [0, 0.1) is 49.4 Å². The third kappa shape index (κ3) is 17.6. The van der Waals surface area contributed by atoms with Crippen molar-refractivity contribution in [3.05, 3.63) is 97.6 Å². The van der Waals surface area contributed by atoms with Gasteiger partial charge in [0.2, 0.25) is 5.78 Å². The van der Waals surface area contributed by atoms with Gasteiger partial charge in [-0.1, -0.05) is 25.2 Å². The molecule has 10 heteroatoms. The van der Waals surface area contributed by atoms with Crippen LogP contribution >= 0.6 is 45.7 Å². The minimum absolute atomic E-state index is 0. The van der Waals surface area contributed by atoms with Crippen LogP contribution in [0.15, 0.2) is 80.5 Å². The van der Waals surface area contributed by atoms with Gasteiger partial charge < -0.3 is 19.3 Å². The van der Waals surface area contributed by atoms with Crippen molar-refractivity contribution in [2.45, 2.75) is 28.2 Å². The number of rotatable bonds is 2. The Morgan fingerprint density at radius 3 is 1.91 bits per heavy atom. The Morgan fingerprint density at radius 2 is 1.51 bits per heavy atom. The van der Waals surface area contributed by atoms with Crippen LogP contribution in [0.25, 0.3) is 26.6 Å². The number of ketones is 1. The van der Waals surface area contributed by atoms with Crippen molar-refractivity contribution >= 4 is 84.3 Å². The number of fused-ring (bicyclic) bond motifs is 2. The summed E-state index contributed by atoms with van der Waals surface area (Å²) in [6.07, 6.45) is 22.6. The van der Waals surface area contributed by atoms with E-state index in [1.807, 2.05) is 48.5 Å². The van der Waals surface area contributed by atoms with E-state index in [0.29, 0.717) is 0 Å². The first-order valence-corrected chi connectivity index (χ1v) is 18.1. The lowest BCUT2D eigenvalue weighted by atomic mass is 10.2. The molecule has 47 heavy (non-hydrogen) atoms. The van der Waals surface area contributed by atoms with E-state index in [9.17, 15) is 9.36 Å². The van der Waals surface area contributed by atoms with Gasteiger partial charge >= 0.3 is 5.45 Å². The average Bonchev–Trinajstić information content (AvgIpc) is 3.78. The summed E-state index contributed by atoms with van der Waals surface area (Å²) >= 11 is 6.60. The van der Waals surface area contributed by atoms with E-state index in [1.54, 1.807) is 35.9 Å². The lowest BCUT2D eigenvalue weighted by Gasteiger charge is -1.94. The molecule has 0 aliphatic carbocycles. The maximum Gasteiger partial charge on any atom is 0.388 e. The highest BCUT2D eigenvalue weighted by atomic mass is 79.9. The zero-order valence-electron chi connectivity index (χ0n) is 26.0. The number of aldehydes is 1. The fraction of sp³-hybridized carbons (Fsp3) is 0.162. The first-order valence-electron chi connectivity index (χ1n) is 13.0. The molecule has 0 spiro atoms. The number of carbonyl (C=O) groups excluding carboxylic acids is 2. The molecule has 0 aliphatic rings. The maximum atomic E-state index is 11.1. The zero-order chi connectivity index (χ0) is 35.1. The molecule has 5 rings (SSSR count). The largest absolute Gasteiger partial charge is 0.464 e. The van der Waals surface area contributed by atoms with Crippen molar-refractivity contribution in [2.24, 2.45) is 0 Å². The molecule has 0 aliphatic heterocycles. The summed E-state index contributed by atoms with van der Waals surface area (Å²) in [5.41, 5.74) is 10.7. The second-order valence-electron chi connectivity index (χ2n) is 8.74. The highest BCUT2D eigenvalue weighted by molar-refractivity contribution is 9.11. The highest BCUT2D eigenvalue weighted by Gasteiger charge is 2.29. The third-order valence-corrected chi connectivity index (χ3v) is 8.75. The molecule has 0 saturated carbocycles. The maximum absolute atomic E-state index is 11.1. The molecule has 2 aromatic carbocycles. The van der Waals surface area contributed by atoms with Crippen LogP contribution in [0.3, 0.4) is 0 Å². The Balaban J connectivity index is 0. The summed E-state index contributed by atoms with van der Waals surface area (Å²) in [6.45, 7) is 7.07. The molecule has 0 atom stereocenters. The molecule has 0 N–H and O–H groups in total. The molecular weight excluding hydrogens is 711 g/mol. The number of benzene rings is 2. The zero-order valence-corrected chi connectivity index (χ0v) is 30.1. The summed E-state index contributed by atoms with van der Waals surface area (Å²) in [7, 11) is -2.68. The number of hydrogen-bond acceptors (Lipinski definition) is 6. The molecule has 0 saturated heterocycles. The number of furan rings is 1. The number of halogens is 1. The van der Waals surface area contributed by atoms with Gasteiger partial charge in [0.25, 0.3) is 0 Å². The Hall–Kier alpha value is -4.69. The summed E-state index contributed by atoms with van der Waals surface area (Å²) < 4.78 is 18.6. The molecule has 3 heterocycles. The van der Waals surface area contributed by atoms with Crippen molar-refractivity contribution < 1.29 is 23.4 Å². The molecule has 3 aromatic heterocycles. The van der Waals surface area contributed by atoms with E-state index in [1.165, 1.54) is 37.3 Å². The van der Waals surface area contributed by atoms with Crippen LogP contribution in [0.1, 0.15) is 44.2 Å². The number of nitrogens with zero attached hydrogens (tertiary/aromatic N) is 2. The standard InChI is InChI=1S/C10H6O.C10H6S.C6H3BrS.C5H9N2O2P.C3H4.C2H4O.CH4/c2*1-2-8-3-4-10-9(7-8)5-6-11-10;1-2-5-3-4-6(7)8-5;1-4(8)5(7-6)10(2,3)9;1-3-2;1-2-3;/h2*1,3-7H;1,3-4H;1-3H3;1H,2H3;2H,1H3;1H4. The molecule has 5 aromatic rings. The van der Waals surface area contributed by atoms with Gasteiger partial charge in [0.15, 0.2) is 7.14 Å². The van der Waals surface area contributed by atoms with Crippen LogP contribution in [0.4, 0.5) is 0 Å². The minimum atomic E-state index is -2.68. The Kier molecular flexibility index (Phi) is 23.2. The van der Waals surface area contributed by atoms with E-state index in [0.717, 1.165) is 37.0 Å². The molecular formula is C37H36BrN2O4PS2. The summed E-state index contributed by atoms with van der Waals surface area (Å²) in [6, 6.07) is 19.6. The van der Waals surface area contributed by atoms with Crippen LogP contribution in [-0.2, 0) is 14.2 Å². The first-order chi connectivity index (χ1) is 21.8. The number of hydrogen-bond donors (Lipinski definition) is 0. The van der Waals surface area contributed by atoms with Crippen molar-refractivity contribution in [3.8, 4) is 49.4 Å². The Bertz CT molecular complexity index is 1910. The Morgan fingerprint density at radius 1 is 0.957 bits per heavy atom. The minimum Gasteiger partial charge on any atom is -0.464 e. The second kappa shape index (κ2) is 24.5. The lowest BCUT2D eigenvalue weighted by molar-refractivity contribution is -0.114. The van der Waals surface area contributed by atoms with Gasteiger partial charge in [-0.3, -0.25) is 4.79 Å². The molecule has 6 nitrogen and oxygen atoms in total. The molecule has 0 radical (unpaired) electrons. The van der Waals surface area contributed by atoms with Crippen LogP contribution in [0.5, 0.6) is 0 Å². The van der Waals surface area contributed by atoms with E-state index in [4.69, 9.17) is 34.0 Å². The van der Waals surface area contributed by atoms with E-state index >= 15 is 0 Å². The third-order valence-electron chi connectivity index (χ3n) is 4.87.